The van der Waals surface area contributed by atoms with Gasteiger partial charge in [-0.05, 0) is 221 Å². The number of ether oxygens (including phenoxy) is 12. The number of hydrogen-bond donors (Lipinski definition) is 3. The number of carbonyl (C=O) groups excluding carboxylic acids is 9. The molecule has 6 aromatic rings. The van der Waals surface area contributed by atoms with E-state index in [-0.39, 0.29) is 133 Å². The zero-order chi connectivity index (χ0) is 97.2. The molecule has 18 atom stereocenters. The molecule has 12 aliphatic rings. The number of nitrogens with zero attached hydrogens (tertiary/aromatic N) is 9. The second-order valence-corrected chi connectivity index (χ2v) is 41.7. The van der Waals surface area contributed by atoms with Gasteiger partial charge in [0, 0.05) is 140 Å². The van der Waals surface area contributed by atoms with Crippen molar-refractivity contribution in [2.24, 2.45) is 51.8 Å². The van der Waals surface area contributed by atoms with Gasteiger partial charge in [-0.2, -0.15) is 0 Å². The Labute approximate surface area is 868 Å². The normalized spacial score (nSPS) is 30.9. The molecule has 18 rings (SSSR count). The average Bonchev–Trinajstić information content (AvgIpc) is 1.61. The number of aryl methyl sites for hydroxylation is 3. The Morgan fingerprint density at radius 2 is 0.709 bits per heavy atom. The van der Waals surface area contributed by atoms with Crippen LogP contribution in [0.15, 0.2) is 54.6 Å². The van der Waals surface area contributed by atoms with E-state index in [1.54, 1.807) is 36.0 Å². The van der Waals surface area contributed by atoms with E-state index in [0.29, 0.717) is 174 Å². The van der Waals surface area contributed by atoms with Crippen LogP contribution in [0.2, 0.25) is 0 Å². The van der Waals surface area contributed by atoms with Crippen LogP contribution in [0.1, 0.15) is 257 Å². The summed E-state index contributed by atoms with van der Waals surface area (Å²) in [6, 6.07) is 11.6. The molecule has 36 heteroatoms. The van der Waals surface area contributed by atoms with E-state index in [1.807, 2.05) is 110 Å². The van der Waals surface area contributed by atoms with Crippen molar-refractivity contribution in [3.05, 3.63) is 71.7 Å². The van der Waals surface area contributed by atoms with Crippen LogP contribution in [-0.2, 0) is 132 Å². The van der Waals surface area contributed by atoms with Gasteiger partial charge in [-0.3, -0.25) is 14.4 Å². The topological polar surface area (TPSA) is 388 Å². The van der Waals surface area contributed by atoms with Crippen LogP contribution >= 0.6 is 0 Å². The Kier molecular flexibility index (Phi) is 37.7. The number of amides is 6. The third-order valence-electron chi connectivity index (χ3n) is 32.8. The zero-order valence-electron chi connectivity index (χ0n) is 83.7. The molecule has 141 heavy (non-hydrogen) atoms. The molecule has 3 aromatic carbocycles. The summed E-state index contributed by atoms with van der Waals surface area (Å²) in [5.41, 5.74) is 3.63. The minimum Gasteiger partial charge on any atom is -0.540 e. The summed E-state index contributed by atoms with van der Waals surface area (Å²) in [4.78, 5) is 156. The van der Waals surface area contributed by atoms with Crippen molar-refractivity contribution in [2.45, 2.75) is 326 Å². The maximum Gasteiger partial charge on any atom is 0.408 e. The van der Waals surface area contributed by atoms with Crippen LogP contribution < -0.4 is 44.4 Å². The summed E-state index contributed by atoms with van der Waals surface area (Å²) in [5.74, 6) is 2.18. The molecule has 3 N–H and O–H groups in total. The SMILES string of the molecule is CC[C@@H]1[C@@H]2CN(C(=O)[C@H](C3(C)CCOCC3)NC(=O)O[C@@H]3CCC[C@H]3CCCCCc3nc4ccc(OC)cc4nc3O2)[C@@H]1[C-]=O.CC[C@@H]1[C@@H]2CN(C(=O)[C@H](C3(C)CCOCC3)NC(=O)O[C@]3(C)CCC[C@H]3CCCCCc3nc4ccc(OC)cc4nc3O2)[C@@H]1[C-]=O.CC[C@@H]1[C@@H]2CN(C(=O)[C@H](C3(C)CCOCC3)NC(=O)O[C@]3(C)C[C@H]3CCCCCc3nc4ccc(OC)cc4nc3O2)[C@@H]1[C-]=O.[HH].[HH].[HH].[V].[V].[V]. The average molecular weight is 2070 g/mol. The predicted molar refractivity (Wildman–Crippen MR) is 517 cm³/mol. The van der Waals surface area contributed by atoms with E-state index < -0.39 is 100 Å². The van der Waals surface area contributed by atoms with Gasteiger partial charge >= 0.3 is 18.3 Å². The van der Waals surface area contributed by atoms with Gasteiger partial charge in [-0.25, -0.2) is 63.1 Å². The Balaban J connectivity index is 0.000000217. The molecule has 3 aromatic heterocycles. The molecule has 771 valence electrons. The van der Waals surface area contributed by atoms with Crippen LogP contribution in [0.3, 0.4) is 0 Å². The smallest absolute Gasteiger partial charge is 0.408 e. The largest absolute Gasteiger partial charge is 0.540 e. The molecule has 33 nitrogen and oxygen atoms in total. The van der Waals surface area contributed by atoms with Gasteiger partial charge in [0.2, 0.25) is 35.4 Å². The van der Waals surface area contributed by atoms with E-state index in [9.17, 15) is 43.2 Å². The van der Waals surface area contributed by atoms with E-state index in [2.05, 4.69) is 34.8 Å². The molecule has 0 unspecified atom stereocenters. The van der Waals surface area contributed by atoms with Crippen molar-refractivity contribution in [3.8, 4) is 34.9 Å². The standard InChI is InChI=1S/C36H49N4O7.C35H47N4O7.C34H45N4O7.3V.3H2/c1-5-25-29(22-41)40-21-30(25)46-32-27(37-26-14-13-24(44-4)20-28(26)38-32)12-8-6-7-10-23-11-9-15-36(23,3)47-34(43)39-31(33(40)42)35(2)16-18-45-19-17-35;1-4-24-28(21-40)39-20-30(24)45-32-26(36-25-14-13-23(43-3)19-27(25)37-32)11-7-5-6-9-22-10-8-12-29(22)46-34(42)38-31(33(39)41)35(2)15-17-44-18-16-35;1-5-23-27(20-39)38-19-28(23)44-30-25(35-24-12-11-22(42-4)17-26(24)36-30)10-8-6-7-9-21-18-34(21,3)45-32(41)37-29(31(38)40)33(2)13-15-43-16-14-33;;;;;;/h13-14,20,23,25,29-31H,5-12,15-19,21H2,1-4H3,(H,39,43);13-14,19,22,24,28-31H,4-12,15-18,20H2,1-3H3,(H,38,42);11-12,17,21,23,27-29H,5-10,13-16,18-19H2,1-4H3,(H,37,41);;;;3*1H/q3*-1;;;;;;/t23-,25+,29-,30+,31-,36-;22-,24+,28-,29-,30+,31-;21-,23+,27-,28+,29-,34-;;;;;;/m111....../s1. The number of nitrogens with one attached hydrogen (secondary N) is 3. The Bertz CT molecular complexity index is 5360. The Morgan fingerprint density at radius 1 is 0.376 bits per heavy atom. The summed E-state index contributed by atoms with van der Waals surface area (Å²) in [5, 5.41) is 8.96. The number of carbonyl (C=O) groups is 6. The number of methoxy groups -OCH3 is 3. The van der Waals surface area contributed by atoms with Gasteiger partial charge in [0.25, 0.3) is 0 Å². The molecular weight excluding hydrogens is 1920 g/mol. The molecule has 12 heterocycles. The second-order valence-electron chi connectivity index (χ2n) is 41.7. The fourth-order valence-electron chi connectivity index (χ4n) is 23.7. The maximum atomic E-state index is 14.6. The van der Waals surface area contributed by atoms with Gasteiger partial charge in [0.05, 0.1) is 74.1 Å². The van der Waals surface area contributed by atoms with Gasteiger partial charge < -0.3 is 102 Å². The number of rotatable bonds is 12. The van der Waals surface area contributed by atoms with Gasteiger partial charge in [0.1, 0.15) is 88.1 Å². The van der Waals surface area contributed by atoms with Gasteiger partial charge in [0.15, 0.2) is 0 Å². The molecule has 0 spiro atoms. The third kappa shape index (κ3) is 24.7. The first kappa shape index (κ1) is 110. The number of aromatic nitrogens is 6. The molecule has 6 amide bonds. The van der Waals surface area contributed by atoms with Crippen LogP contribution in [0.4, 0.5) is 14.4 Å². The predicted octanol–water partition coefficient (Wildman–Crippen LogP) is 15.5. The quantitative estimate of drug-likeness (QED) is 0.0756. The molecule has 3 saturated carbocycles. The van der Waals surface area contributed by atoms with Crippen LogP contribution in [0.25, 0.3) is 33.1 Å². The first-order valence-corrected chi connectivity index (χ1v) is 51.0. The number of alkyl carbamates (subject to hydrolysis) is 3. The Morgan fingerprint density at radius 3 is 1.06 bits per heavy atom. The van der Waals surface area contributed by atoms with Crippen molar-refractivity contribution < 1.29 is 160 Å². The fourth-order valence-corrected chi connectivity index (χ4v) is 23.7. The summed E-state index contributed by atoms with van der Waals surface area (Å²) in [6.45, 7) is 19.4. The monoisotopic (exact) mass is 2060 g/mol. The molecule has 3 aliphatic carbocycles. The number of benzene rings is 3. The fraction of sp³-hybridized carbons (Fsp3) is 0.686. The van der Waals surface area contributed by atoms with Crippen molar-refractivity contribution in [1.29, 1.82) is 0 Å². The van der Waals surface area contributed by atoms with E-state index >= 15 is 0 Å². The minimum atomic E-state index is -0.906. The molecule has 6 saturated heterocycles. The zero-order valence-corrected chi connectivity index (χ0v) is 87.8. The molecular formula is C105H147N12O21V3-3. The molecule has 9 aliphatic heterocycles. The summed E-state index contributed by atoms with van der Waals surface area (Å²) >= 11 is 0. The van der Waals surface area contributed by atoms with E-state index in [0.717, 1.165) is 156 Å². The Hall–Kier alpha value is -8.66. The second kappa shape index (κ2) is 48.6. The summed E-state index contributed by atoms with van der Waals surface area (Å²) < 4.78 is 71.4. The van der Waals surface area contributed by atoms with Crippen LogP contribution in [0.5, 0.6) is 34.9 Å². The molecule has 6 bridgehead atoms. The van der Waals surface area contributed by atoms with Crippen molar-refractivity contribution >= 4 is 88.0 Å². The van der Waals surface area contributed by atoms with Gasteiger partial charge in [-0.15, -0.1) is 0 Å². The van der Waals surface area contributed by atoms with Crippen molar-refractivity contribution in [1.82, 2.24) is 60.6 Å². The van der Waals surface area contributed by atoms with E-state index in [1.165, 1.54) is 0 Å². The first-order chi connectivity index (χ1) is 66.7. The number of hydrogen-bond acceptors (Lipinski definition) is 27. The molecule has 9 fully saturated rings. The molecule has 3 radical (unpaired) electrons. The van der Waals surface area contributed by atoms with Crippen molar-refractivity contribution in [2.75, 3.05) is 80.6 Å². The minimum absolute atomic E-state index is 0. The first-order valence-electron chi connectivity index (χ1n) is 51.0. The summed E-state index contributed by atoms with van der Waals surface area (Å²) in [7, 11) is 4.84. The summed E-state index contributed by atoms with van der Waals surface area (Å²) in [6.07, 6.45) is 28.5. The van der Waals surface area contributed by atoms with Crippen LogP contribution in [0, 0.1) is 51.8 Å². The number of fused-ring (bicyclic) bond motifs is 15. The maximum absolute atomic E-state index is 14.6. The van der Waals surface area contributed by atoms with Crippen molar-refractivity contribution in [3.63, 3.8) is 0 Å². The van der Waals surface area contributed by atoms with E-state index in [4.69, 9.17) is 86.7 Å². The third-order valence-corrected chi connectivity index (χ3v) is 32.8. The van der Waals surface area contributed by atoms with Gasteiger partial charge in [-0.1, -0.05) is 117 Å². The van der Waals surface area contributed by atoms with Crippen LogP contribution in [-0.4, -0.2) is 252 Å².